The third kappa shape index (κ3) is 2.83. The van der Waals surface area contributed by atoms with E-state index in [2.05, 4.69) is 5.32 Å². The van der Waals surface area contributed by atoms with Gasteiger partial charge in [0.1, 0.15) is 12.0 Å². The first-order valence-corrected chi connectivity index (χ1v) is 4.68. The Balaban J connectivity index is 2.73. The molecular weight excluding hydrogens is 214 g/mol. The van der Waals surface area contributed by atoms with Crippen LogP contribution in [-0.4, -0.2) is 34.2 Å². The van der Waals surface area contributed by atoms with Crippen LogP contribution in [0, 0.1) is 6.92 Å². The van der Waals surface area contributed by atoms with E-state index in [0.29, 0.717) is 5.76 Å². The van der Waals surface area contributed by atoms with Crippen molar-refractivity contribution in [3.05, 3.63) is 23.7 Å². The fraction of sp³-hybridized carbons (Fsp3) is 0.400. The van der Waals surface area contributed by atoms with Crippen LogP contribution in [0.1, 0.15) is 23.0 Å². The summed E-state index contributed by atoms with van der Waals surface area (Å²) in [5, 5.41) is 20.1. The maximum atomic E-state index is 11.5. The molecule has 0 aromatic carbocycles. The van der Waals surface area contributed by atoms with Crippen molar-refractivity contribution in [1.82, 2.24) is 5.32 Å². The molecular formula is C10H13NO5. The number of amides is 1. The second kappa shape index (κ2) is 4.80. The normalized spacial score (nSPS) is 14.2. The summed E-state index contributed by atoms with van der Waals surface area (Å²) in [7, 11) is 0. The highest BCUT2D eigenvalue weighted by Gasteiger charge is 2.25. The molecule has 0 spiro atoms. The van der Waals surface area contributed by atoms with Gasteiger partial charge in [-0.05, 0) is 19.9 Å². The first kappa shape index (κ1) is 12.3. The lowest BCUT2D eigenvalue weighted by Gasteiger charge is -2.16. The van der Waals surface area contributed by atoms with E-state index in [9.17, 15) is 9.59 Å². The highest BCUT2D eigenvalue weighted by atomic mass is 16.4. The summed E-state index contributed by atoms with van der Waals surface area (Å²) in [6, 6.07) is 0.152. The van der Waals surface area contributed by atoms with Gasteiger partial charge in [0.15, 0.2) is 6.04 Å². The van der Waals surface area contributed by atoms with Crippen molar-refractivity contribution in [2.45, 2.75) is 26.0 Å². The number of aliphatic carboxylic acids is 1. The summed E-state index contributed by atoms with van der Waals surface area (Å²) in [6.45, 7) is 2.96. The zero-order valence-electron chi connectivity index (χ0n) is 8.93. The summed E-state index contributed by atoms with van der Waals surface area (Å²) >= 11 is 0. The Labute approximate surface area is 91.9 Å². The summed E-state index contributed by atoms with van der Waals surface area (Å²) in [5.41, 5.74) is 0.226. The topological polar surface area (TPSA) is 99.8 Å². The monoisotopic (exact) mass is 227 g/mol. The SMILES string of the molecule is Cc1cc(C(=O)N[C@H](C(=O)O)[C@@H](C)O)co1. The standard InChI is InChI=1S/C10H13NO5/c1-5-3-7(4-16-5)9(13)11-8(6(2)12)10(14)15/h3-4,6,8,12H,1-2H3,(H,11,13)(H,14,15)/t6-,8+/m1/s1. The van der Waals surface area contributed by atoms with E-state index >= 15 is 0 Å². The molecule has 1 amide bonds. The number of carbonyl (C=O) groups excluding carboxylic acids is 1. The predicted molar refractivity (Wildman–Crippen MR) is 54.0 cm³/mol. The van der Waals surface area contributed by atoms with Crippen molar-refractivity contribution < 1.29 is 24.2 Å². The van der Waals surface area contributed by atoms with Crippen LogP contribution < -0.4 is 5.32 Å². The Bertz CT molecular complexity index is 396. The first-order chi connectivity index (χ1) is 7.41. The zero-order chi connectivity index (χ0) is 12.3. The quantitative estimate of drug-likeness (QED) is 0.680. The molecule has 3 N–H and O–H groups in total. The molecule has 88 valence electrons. The lowest BCUT2D eigenvalue weighted by atomic mass is 10.1. The smallest absolute Gasteiger partial charge is 0.328 e. The molecule has 2 atom stereocenters. The van der Waals surface area contributed by atoms with Crippen molar-refractivity contribution in [3.63, 3.8) is 0 Å². The number of aliphatic hydroxyl groups excluding tert-OH is 1. The summed E-state index contributed by atoms with van der Waals surface area (Å²) in [5.74, 6) is -1.33. The molecule has 0 aliphatic heterocycles. The minimum Gasteiger partial charge on any atom is -0.480 e. The molecule has 6 nitrogen and oxygen atoms in total. The fourth-order valence-electron chi connectivity index (χ4n) is 1.18. The number of carboxylic acid groups (broad SMARTS) is 1. The van der Waals surface area contributed by atoms with Gasteiger partial charge in [-0.2, -0.15) is 0 Å². The molecule has 16 heavy (non-hydrogen) atoms. The van der Waals surface area contributed by atoms with Crippen LogP contribution in [0.15, 0.2) is 16.7 Å². The molecule has 0 aliphatic carbocycles. The van der Waals surface area contributed by atoms with Gasteiger partial charge in [0.25, 0.3) is 5.91 Å². The van der Waals surface area contributed by atoms with Crippen LogP contribution in [-0.2, 0) is 4.79 Å². The van der Waals surface area contributed by atoms with Gasteiger partial charge in [-0.3, -0.25) is 4.79 Å². The summed E-state index contributed by atoms with van der Waals surface area (Å²) < 4.78 is 4.92. The maximum absolute atomic E-state index is 11.5. The number of carbonyl (C=O) groups is 2. The van der Waals surface area contributed by atoms with Gasteiger partial charge < -0.3 is 19.9 Å². The molecule has 0 radical (unpaired) electrons. The lowest BCUT2D eigenvalue weighted by molar-refractivity contribution is -0.141. The molecule has 6 heteroatoms. The van der Waals surface area contributed by atoms with Gasteiger partial charge in [0.2, 0.25) is 0 Å². The number of hydrogen-bond acceptors (Lipinski definition) is 4. The molecule has 1 aromatic heterocycles. The molecule has 1 aromatic rings. The Morgan fingerprint density at radius 1 is 1.50 bits per heavy atom. The van der Waals surface area contributed by atoms with Gasteiger partial charge in [0.05, 0.1) is 11.7 Å². The molecule has 1 heterocycles. The Kier molecular flexibility index (Phi) is 3.68. The van der Waals surface area contributed by atoms with Crippen LogP contribution in [0.2, 0.25) is 0 Å². The van der Waals surface area contributed by atoms with E-state index in [1.165, 1.54) is 19.3 Å². The Morgan fingerprint density at radius 2 is 2.12 bits per heavy atom. The van der Waals surface area contributed by atoms with Gasteiger partial charge in [-0.1, -0.05) is 0 Å². The van der Waals surface area contributed by atoms with Gasteiger partial charge in [-0.15, -0.1) is 0 Å². The van der Waals surface area contributed by atoms with E-state index in [1.807, 2.05) is 0 Å². The van der Waals surface area contributed by atoms with Crippen LogP contribution in [0.25, 0.3) is 0 Å². The van der Waals surface area contributed by atoms with Crippen molar-refractivity contribution in [2.75, 3.05) is 0 Å². The van der Waals surface area contributed by atoms with Crippen molar-refractivity contribution in [3.8, 4) is 0 Å². The molecule has 0 aliphatic rings. The summed E-state index contributed by atoms with van der Waals surface area (Å²) in [4.78, 5) is 22.2. The van der Waals surface area contributed by atoms with E-state index < -0.39 is 24.0 Å². The molecule has 0 unspecified atom stereocenters. The Hall–Kier alpha value is -1.82. The van der Waals surface area contributed by atoms with Crippen LogP contribution in [0.4, 0.5) is 0 Å². The minimum atomic E-state index is -1.33. The van der Waals surface area contributed by atoms with Gasteiger partial charge >= 0.3 is 5.97 Å². The average molecular weight is 227 g/mol. The van der Waals surface area contributed by atoms with Crippen molar-refractivity contribution >= 4 is 11.9 Å². The van der Waals surface area contributed by atoms with E-state index in [0.717, 1.165) is 0 Å². The number of nitrogens with one attached hydrogen (secondary N) is 1. The van der Waals surface area contributed by atoms with Crippen molar-refractivity contribution in [2.24, 2.45) is 0 Å². The minimum absolute atomic E-state index is 0.226. The van der Waals surface area contributed by atoms with Crippen LogP contribution in [0.3, 0.4) is 0 Å². The Morgan fingerprint density at radius 3 is 2.50 bits per heavy atom. The molecule has 1 rings (SSSR count). The van der Waals surface area contributed by atoms with E-state index in [1.54, 1.807) is 6.92 Å². The van der Waals surface area contributed by atoms with Crippen molar-refractivity contribution in [1.29, 1.82) is 0 Å². The largest absolute Gasteiger partial charge is 0.480 e. The molecule has 0 bridgehead atoms. The number of furan rings is 1. The number of aryl methyl sites for hydroxylation is 1. The number of aliphatic hydroxyl groups is 1. The highest BCUT2D eigenvalue weighted by molar-refractivity contribution is 5.96. The molecule has 0 saturated heterocycles. The fourth-order valence-corrected chi connectivity index (χ4v) is 1.18. The lowest BCUT2D eigenvalue weighted by Crippen LogP contribution is -2.47. The zero-order valence-corrected chi connectivity index (χ0v) is 8.93. The highest BCUT2D eigenvalue weighted by Crippen LogP contribution is 2.06. The van der Waals surface area contributed by atoms with Gasteiger partial charge in [0, 0.05) is 0 Å². The summed E-state index contributed by atoms with van der Waals surface area (Å²) in [6.07, 6.45) is 0.0560. The van der Waals surface area contributed by atoms with E-state index in [-0.39, 0.29) is 5.56 Å². The van der Waals surface area contributed by atoms with Gasteiger partial charge in [-0.25, -0.2) is 4.79 Å². The molecule has 0 fully saturated rings. The third-order valence-electron chi connectivity index (χ3n) is 2.03. The number of carboxylic acids is 1. The first-order valence-electron chi connectivity index (χ1n) is 4.68. The number of hydrogen-bond donors (Lipinski definition) is 3. The molecule has 0 saturated carbocycles. The average Bonchev–Trinajstić information content (AvgIpc) is 2.59. The third-order valence-corrected chi connectivity index (χ3v) is 2.03. The van der Waals surface area contributed by atoms with Crippen LogP contribution in [0.5, 0.6) is 0 Å². The maximum Gasteiger partial charge on any atom is 0.328 e. The second-order valence-corrected chi connectivity index (χ2v) is 3.48. The number of rotatable bonds is 4. The predicted octanol–water partition coefficient (Wildman–Crippen LogP) is 0.152. The van der Waals surface area contributed by atoms with Crippen LogP contribution >= 0.6 is 0 Å². The second-order valence-electron chi connectivity index (χ2n) is 3.48. The van der Waals surface area contributed by atoms with E-state index in [4.69, 9.17) is 14.6 Å².